The Morgan fingerprint density at radius 1 is 1.28 bits per heavy atom. The molecule has 18 heavy (non-hydrogen) atoms. The molecule has 3 nitrogen and oxygen atoms in total. The molecule has 0 saturated carbocycles. The molecule has 0 bridgehead atoms. The van der Waals surface area contributed by atoms with Crippen LogP contribution in [0.2, 0.25) is 0 Å². The van der Waals surface area contributed by atoms with Gasteiger partial charge in [0.2, 0.25) is 0 Å². The summed E-state index contributed by atoms with van der Waals surface area (Å²) in [6, 6.07) is 8.22. The predicted molar refractivity (Wildman–Crippen MR) is 76.7 cm³/mol. The first-order valence-electron chi connectivity index (χ1n) is 6.05. The fourth-order valence-electron chi connectivity index (χ4n) is 1.67. The summed E-state index contributed by atoms with van der Waals surface area (Å²) in [4.78, 5) is 4.47. The Bertz CT molecular complexity index is 491. The molecule has 0 aliphatic rings. The smallest absolute Gasteiger partial charge is 0.182 e. The monoisotopic (exact) mass is 262 g/mol. The van der Waals surface area contributed by atoms with Crippen LogP contribution in [0.1, 0.15) is 25.1 Å². The normalized spacial score (nSPS) is 10.7. The molecule has 0 saturated heterocycles. The minimum Gasteiger partial charge on any atom is -0.491 e. The molecule has 4 heteroatoms. The summed E-state index contributed by atoms with van der Waals surface area (Å²) in [5.74, 6) is 0.919. The molecule has 0 radical (unpaired) electrons. The van der Waals surface area contributed by atoms with Crippen molar-refractivity contribution in [3.05, 3.63) is 40.9 Å². The fourth-order valence-corrected chi connectivity index (χ4v) is 2.34. The van der Waals surface area contributed by atoms with Crippen molar-refractivity contribution in [2.24, 2.45) is 0 Å². The van der Waals surface area contributed by atoms with E-state index < -0.39 is 0 Å². The number of hydrogen-bond acceptors (Lipinski definition) is 4. The number of anilines is 1. The van der Waals surface area contributed by atoms with Crippen LogP contribution in [0.3, 0.4) is 0 Å². The molecule has 0 amide bonds. The van der Waals surface area contributed by atoms with E-state index in [-0.39, 0.29) is 6.10 Å². The Labute approximate surface area is 112 Å². The van der Waals surface area contributed by atoms with Crippen molar-refractivity contribution in [1.82, 2.24) is 4.98 Å². The number of ether oxygens (including phenoxy) is 1. The highest BCUT2D eigenvalue weighted by atomic mass is 32.1. The number of hydrogen-bond donors (Lipinski definition) is 1. The summed E-state index contributed by atoms with van der Waals surface area (Å²) in [5.41, 5.74) is 2.35. The molecule has 1 aromatic heterocycles. The second kappa shape index (κ2) is 5.87. The van der Waals surface area contributed by atoms with Gasteiger partial charge in [-0.05, 0) is 31.5 Å². The van der Waals surface area contributed by atoms with Crippen molar-refractivity contribution in [3.8, 4) is 5.75 Å². The van der Waals surface area contributed by atoms with E-state index in [0.29, 0.717) is 0 Å². The molecule has 2 rings (SSSR count). The molecule has 1 aromatic carbocycles. The highest BCUT2D eigenvalue weighted by Gasteiger charge is 2.03. The summed E-state index contributed by atoms with van der Waals surface area (Å²) < 4.78 is 5.62. The van der Waals surface area contributed by atoms with Crippen LogP contribution in [0.4, 0.5) is 5.13 Å². The van der Waals surface area contributed by atoms with E-state index in [0.717, 1.165) is 23.0 Å². The summed E-state index contributed by atoms with van der Waals surface area (Å²) in [6.07, 6.45) is 1.08. The Hall–Kier alpha value is -1.55. The predicted octanol–water partition coefficient (Wildman–Crippen LogP) is 3.56. The lowest BCUT2D eigenvalue weighted by Crippen LogP contribution is -2.05. The van der Waals surface area contributed by atoms with Gasteiger partial charge in [-0.25, -0.2) is 4.98 Å². The summed E-state index contributed by atoms with van der Waals surface area (Å²) in [5, 5.41) is 6.10. The Kier molecular flexibility index (Phi) is 4.20. The molecule has 96 valence electrons. The average Bonchev–Trinajstić information content (AvgIpc) is 2.79. The largest absolute Gasteiger partial charge is 0.491 e. The first kappa shape index (κ1) is 12.9. The van der Waals surface area contributed by atoms with Crippen LogP contribution in [0.5, 0.6) is 5.75 Å². The van der Waals surface area contributed by atoms with Crippen LogP contribution >= 0.6 is 11.3 Å². The maximum atomic E-state index is 5.62. The van der Waals surface area contributed by atoms with E-state index in [2.05, 4.69) is 27.8 Å². The summed E-state index contributed by atoms with van der Waals surface area (Å²) >= 11 is 1.63. The van der Waals surface area contributed by atoms with Crippen molar-refractivity contribution in [1.29, 1.82) is 0 Å². The Morgan fingerprint density at radius 3 is 2.56 bits per heavy atom. The molecule has 0 atom stereocenters. The molecule has 0 spiro atoms. The van der Waals surface area contributed by atoms with Gasteiger partial charge in [0, 0.05) is 18.8 Å². The molecule has 1 heterocycles. The van der Waals surface area contributed by atoms with E-state index in [4.69, 9.17) is 4.74 Å². The number of nitrogens with zero attached hydrogens (tertiary/aromatic N) is 1. The van der Waals surface area contributed by atoms with Crippen LogP contribution < -0.4 is 10.1 Å². The van der Waals surface area contributed by atoms with Crippen LogP contribution in [0.15, 0.2) is 29.6 Å². The van der Waals surface area contributed by atoms with Gasteiger partial charge in [-0.1, -0.05) is 12.1 Å². The average molecular weight is 262 g/mol. The number of nitrogens with one attached hydrogen (secondary N) is 1. The highest BCUT2D eigenvalue weighted by Crippen LogP contribution is 2.19. The lowest BCUT2D eigenvalue weighted by molar-refractivity contribution is 0.242. The lowest BCUT2D eigenvalue weighted by atomic mass is 10.1. The zero-order valence-corrected chi connectivity index (χ0v) is 11.8. The fraction of sp³-hybridized carbons (Fsp3) is 0.357. The van der Waals surface area contributed by atoms with Crippen LogP contribution in [-0.4, -0.2) is 18.1 Å². The molecule has 0 aliphatic heterocycles. The van der Waals surface area contributed by atoms with E-state index in [1.807, 2.05) is 33.0 Å². The van der Waals surface area contributed by atoms with E-state index >= 15 is 0 Å². The van der Waals surface area contributed by atoms with Gasteiger partial charge in [0.1, 0.15) is 5.75 Å². The molecule has 0 unspecified atom stereocenters. The minimum absolute atomic E-state index is 0.215. The maximum absolute atomic E-state index is 5.62. The van der Waals surface area contributed by atoms with E-state index in [1.165, 1.54) is 5.56 Å². The molecule has 0 fully saturated rings. The third-order valence-electron chi connectivity index (χ3n) is 2.45. The molecular formula is C14H18N2OS. The van der Waals surface area contributed by atoms with Gasteiger partial charge < -0.3 is 10.1 Å². The van der Waals surface area contributed by atoms with Gasteiger partial charge in [0.25, 0.3) is 0 Å². The second-order valence-corrected chi connectivity index (χ2v) is 5.24. The molecule has 0 aliphatic carbocycles. The van der Waals surface area contributed by atoms with E-state index in [1.54, 1.807) is 11.3 Å². The van der Waals surface area contributed by atoms with Crippen molar-refractivity contribution >= 4 is 16.5 Å². The zero-order valence-electron chi connectivity index (χ0n) is 10.9. The van der Waals surface area contributed by atoms with Crippen molar-refractivity contribution in [3.63, 3.8) is 0 Å². The van der Waals surface area contributed by atoms with E-state index in [9.17, 15) is 0 Å². The molecule has 1 N–H and O–H groups in total. The van der Waals surface area contributed by atoms with Crippen molar-refractivity contribution in [2.75, 3.05) is 12.4 Å². The zero-order chi connectivity index (χ0) is 13.0. The van der Waals surface area contributed by atoms with Crippen LogP contribution in [0, 0.1) is 0 Å². The summed E-state index contributed by atoms with van der Waals surface area (Å²) in [7, 11) is 1.89. The minimum atomic E-state index is 0.215. The third-order valence-corrected chi connectivity index (χ3v) is 3.35. The van der Waals surface area contributed by atoms with Gasteiger partial charge >= 0.3 is 0 Å². The number of aromatic nitrogens is 1. The first-order chi connectivity index (χ1) is 8.67. The number of thiazole rings is 1. The van der Waals surface area contributed by atoms with Gasteiger partial charge in [0.15, 0.2) is 5.13 Å². The van der Waals surface area contributed by atoms with Gasteiger partial charge in [0.05, 0.1) is 11.8 Å². The van der Waals surface area contributed by atoms with Crippen molar-refractivity contribution in [2.45, 2.75) is 26.4 Å². The lowest BCUT2D eigenvalue weighted by Gasteiger charge is -2.09. The molecule has 2 aromatic rings. The number of rotatable bonds is 5. The highest BCUT2D eigenvalue weighted by molar-refractivity contribution is 7.13. The summed E-state index contributed by atoms with van der Waals surface area (Å²) in [6.45, 7) is 4.06. The van der Waals surface area contributed by atoms with Gasteiger partial charge in [-0.15, -0.1) is 11.3 Å². The Balaban J connectivity index is 2.01. The third kappa shape index (κ3) is 3.47. The number of benzene rings is 1. The quantitative estimate of drug-likeness (QED) is 0.894. The topological polar surface area (TPSA) is 34.2 Å². The Morgan fingerprint density at radius 2 is 2.00 bits per heavy atom. The maximum Gasteiger partial charge on any atom is 0.182 e. The van der Waals surface area contributed by atoms with Gasteiger partial charge in [-0.3, -0.25) is 0 Å². The van der Waals surface area contributed by atoms with Crippen molar-refractivity contribution < 1.29 is 4.74 Å². The van der Waals surface area contributed by atoms with Crippen LogP contribution in [0.25, 0.3) is 0 Å². The SMILES string of the molecule is CNc1nc(Cc2ccc(OC(C)C)cc2)cs1. The van der Waals surface area contributed by atoms with Crippen LogP contribution in [-0.2, 0) is 6.42 Å². The first-order valence-corrected chi connectivity index (χ1v) is 6.93. The standard InChI is InChI=1S/C14H18N2OS/c1-10(2)17-13-6-4-11(5-7-13)8-12-9-18-14(15-3)16-12/h4-7,9-10H,8H2,1-3H3,(H,15,16). The second-order valence-electron chi connectivity index (χ2n) is 4.38. The van der Waals surface area contributed by atoms with Gasteiger partial charge in [-0.2, -0.15) is 0 Å². The molecular weight excluding hydrogens is 244 g/mol.